The summed E-state index contributed by atoms with van der Waals surface area (Å²) in [6.07, 6.45) is -0.505. The molecular weight excluding hydrogens is 550 g/mol. The van der Waals surface area contributed by atoms with Crippen LogP contribution in [-0.2, 0) is 9.53 Å². The average molecular weight is 581 g/mol. The van der Waals surface area contributed by atoms with Gasteiger partial charge in [0.25, 0.3) is 12.3 Å². The number of piperazine rings is 1. The Morgan fingerprint density at radius 3 is 2.43 bits per heavy atom. The Hall–Kier alpha value is -4.88. The zero-order chi connectivity index (χ0) is 30.0. The zero-order valence-electron chi connectivity index (χ0n) is 23.3. The van der Waals surface area contributed by atoms with E-state index in [0.717, 1.165) is 4.52 Å². The third-order valence-corrected chi connectivity index (χ3v) is 7.07. The van der Waals surface area contributed by atoms with Crippen molar-refractivity contribution in [3.05, 3.63) is 65.7 Å². The second-order valence-electron chi connectivity index (χ2n) is 9.78. The van der Waals surface area contributed by atoms with Crippen molar-refractivity contribution in [3.8, 4) is 11.3 Å². The maximum absolute atomic E-state index is 13.9. The van der Waals surface area contributed by atoms with Gasteiger partial charge in [0.1, 0.15) is 17.3 Å². The van der Waals surface area contributed by atoms with Gasteiger partial charge in [-0.2, -0.15) is 10.2 Å². The van der Waals surface area contributed by atoms with Crippen molar-refractivity contribution in [2.75, 3.05) is 38.1 Å². The topological polar surface area (TPSA) is 127 Å². The molecule has 1 unspecified atom stereocenters. The number of nitrogens with zero attached hydrogens (tertiary/aromatic N) is 7. The van der Waals surface area contributed by atoms with Gasteiger partial charge in [0.2, 0.25) is 5.91 Å². The summed E-state index contributed by atoms with van der Waals surface area (Å²) in [5, 5.41) is 11.2. The molecule has 0 radical (unpaired) electrons. The third kappa shape index (κ3) is 5.64. The highest BCUT2D eigenvalue weighted by molar-refractivity contribution is 6.08. The van der Waals surface area contributed by atoms with Crippen LogP contribution in [-0.4, -0.2) is 84.9 Å². The summed E-state index contributed by atoms with van der Waals surface area (Å²) in [6.45, 7) is 6.85. The molecule has 0 aliphatic carbocycles. The van der Waals surface area contributed by atoms with Gasteiger partial charge in [-0.25, -0.2) is 23.1 Å². The molecule has 12 nitrogen and oxygen atoms in total. The van der Waals surface area contributed by atoms with E-state index in [1.807, 2.05) is 0 Å². The fourth-order valence-corrected chi connectivity index (χ4v) is 4.75. The van der Waals surface area contributed by atoms with E-state index < -0.39 is 30.2 Å². The summed E-state index contributed by atoms with van der Waals surface area (Å²) in [5.41, 5.74) is 1.31. The van der Waals surface area contributed by atoms with E-state index >= 15 is 0 Å². The van der Waals surface area contributed by atoms with Crippen LogP contribution in [0.4, 0.5) is 19.3 Å². The van der Waals surface area contributed by atoms with E-state index in [4.69, 9.17) is 4.74 Å². The predicted molar refractivity (Wildman–Crippen MR) is 148 cm³/mol. The number of carbonyl (C=O) groups is 3. The Morgan fingerprint density at radius 2 is 1.76 bits per heavy atom. The molecule has 1 aliphatic heterocycles. The Morgan fingerprint density at radius 1 is 1.07 bits per heavy atom. The molecule has 220 valence electrons. The van der Waals surface area contributed by atoms with Crippen LogP contribution in [0.2, 0.25) is 0 Å². The number of carbonyl (C=O) groups excluding carboxylic acids is 3. The van der Waals surface area contributed by atoms with E-state index in [0.29, 0.717) is 43.1 Å². The summed E-state index contributed by atoms with van der Waals surface area (Å²) in [7, 11) is 0. The van der Waals surface area contributed by atoms with Crippen molar-refractivity contribution in [1.29, 1.82) is 0 Å². The molecule has 0 spiro atoms. The van der Waals surface area contributed by atoms with Gasteiger partial charge in [0, 0.05) is 37.9 Å². The van der Waals surface area contributed by atoms with Crippen LogP contribution in [0.25, 0.3) is 16.9 Å². The summed E-state index contributed by atoms with van der Waals surface area (Å²) >= 11 is 0. The average Bonchev–Trinajstić information content (AvgIpc) is 3.59. The first kappa shape index (κ1) is 28.6. The number of alkyl halides is 2. The number of rotatable bonds is 7. The Kier molecular flexibility index (Phi) is 8.13. The van der Waals surface area contributed by atoms with Crippen LogP contribution in [0.5, 0.6) is 0 Å². The molecule has 14 heteroatoms. The number of aromatic nitrogens is 5. The Balaban J connectivity index is 1.33. The summed E-state index contributed by atoms with van der Waals surface area (Å²) in [5.74, 6) is -0.793. The minimum Gasteiger partial charge on any atom is -0.450 e. The number of hydrogen-bond acceptors (Lipinski definition) is 7. The van der Waals surface area contributed by atoms with Crippen LogP contribution >= 0.6 is 0 Å². The minimum absolute atomic E-state index is 0.00502. The number of nitrogens with one attached hydrogen (secondary N) is 1. The van der Waals surface area contributed by atoms with E-state index in [-0.39, 0.29) is 29.4 Å². The molecule has 1 N–H and O–H groups in total. The highest BCUT2D eigenvalue weighted by Gasteiger charge is 2.29. The number of aryl methyl sites for hydroxylation is 1. The maximum Gasteiger partial charge on any atom is 0.409 e. The molecule has 5 rings (SSSR count). The van der Waals surface area contributed by atoms with Gasteiger partial charge < -0.3 is 19.9 Å². The monoisotopic (exact) mass is 580 g/mol. The van der Waals surface area contributed by atoms with Gasteiger partial charge in [-0.3, -0.25) is 14.3 Å². The van der Waals surface area contributed by atoms with Crippen LogP contribution < -0.4 is 5.32 Å². The number of fused-ring (bicyclic) bond motifs is 1. The normalized spacial score (nSPS) is 14.3. The van der Waals surface area contributed by atoms with Gasteiger partial charge in [-0.1, -0.05) is 30.3 Å². The lowest BCUT2D eigenvalue weighted by Gasteiger charge is -2.35. The van der Waals surface area contributed by atoms with E-state index in [9.17, 15) is 23.2 Å². The number of ether oxygens (including phenoxy) is 1. The first-order chi connectivity index (χ1) is 20.2. The quantitative estimate of drug-likeness (QED) is 0.351. The summed E-state index contributed by atoms with van der Waals surface area (Å²) < 4.78 is 35.3. The largest absolute Gasteiger partial charge is 0.450 e. The van der Waals surface area contributed by atoms with Crippen molar-refractivity contribution in [2.24, 2.45) is 0 Å². The number of hydrogen-bond donors (Lipinski definition) is 1. The van der Waals surface area contributed by atoms with E-state index in [2.05, 4.69) is 20.5 Å². The standard InChI is InChI=1S/C28H30F2N8O4/c1-4-42-28(41)36-12-10-35(11-13-36)27(40)18(3)37-16-22(17(2)34-37)33-26(39)20-15-31-38-23(24(29)30)14-21(32-25(20)38)19-8-6-5-7-9-19/h5-9,14-16,18,24H,4,10-13H2,1-3H3,(H,33,39). The molecule has 4 heterocycles. The molecule has 1 aromatic carbocycles. The number of anilines is 1. The Labute approximate surface area is 239 Å². The molecule has 3 aromatic heterocycles. The van der Waals surface area contributed by atoms with Crippen LogP contribution in [0, 0.1) is 6.92 Å². The van der Waals surface area contributed by atoms with Crippen molar-refractivity contribution < 1.29 is 27.9 Å². The fourth-order valence-electron chi connectivity index (χ4n) is 4.75. The smallest absolute Gasteiger partial charge is 0.409 e. The maximum atomic E-state index is 13.9. The predicted octanol–water partition coefficient (Wildman–Crippen LogP) is 3.95. The van der Waals surface area contributed by atoms with Crippen LogP contribution in [0.15, 0.2) is 48.8 Å². The molecule has 0 bridgehead atoms. The number of halogens is 2. The Bertz CT molecular complexity index is 1610. The second kappa shape index (κ2) is 11.9. The SMILES string of the molecule is CCOC(=O)N1CCN(C(=O)C(C)n2cc(NC(=O)c3cnn4c(C(F)F)cc(-c5ccccc5)nc34)c(C)n2)CC1. The van der Waals surface area contributed by atoms with Gasteiger partial charge in [-0.05, 0) is 26.8 Å². The zero-order valence-corrected chi connectivity index (χ0v) is 23.3. The molecule has 4 aromatic rings. The third-order valence-electron chi connectivity index (χ3n) is 7.07. The number of amides is 3. The van der Waals surface area contributed by atoms with E-state index in [1.165, 1.54) is 16.9 Å². The molecule has 0 saturated carbocycles. The van der Waals surface area contributed by atoms with Crippen molar-refractivity contribution in [3.63, 3.8) is 0 Å². The highest BCUT2D eigenvalue weighted by Crippen LogP contribution is 2.27. The van der Waals surface area contributed by atoms with Crippen molar-refractivity contribution >= 4 is 29.2 Å². The summed E-state index contributed by atoms with van der Waals surface area (Å²) in [4.78, 5) is 46.1. The van der Waals surface area contributed by atoms with Crippen LogP contribution in [0.1, 0.15) is 48.1 Å². The first-order valence-electron chi connectivity index (χ1n) is 13.5. The minimum atomic E-state index is -2.85. The van der Waals surface area contributed by atoms with Gasteiger partial charge in [0.15, 0.2) is 5.65 Å². The first-order valence-corrected chi connectivity index (χ1v) is 13.5. The van der Waals surface area contributed by atoms with Gasteiger partial charge in [-0.15, -0.1) is 0 Å². The molecule has 1 aliphatic rings. The van der Waals surface area contributed by atoms with Crippen molar-refractivity contribution in [2.45, 2.75) is 33.2 Å². The van der Waals surface area contributed by atoms with E-state index in [1.54, 1.807) is 67.1 Å². The molecule has 1 atom stereocenters. The molecule has 1 saturated heterocycles. The fraction of sp³-hybridized carbons (Fsp3) is 0.357. The summed E-state index contributed by atoms with van der Waals surface area (Å²) in [6, 6.07) is 9.40. The van der Waals surface area contributed by atoms with Gasteiger partial charge >= 0.3 is 6.09 Å². The highest BCUT2D eigenvalue weighted by atomic mass is 19.3. The van der Waals surface area contributed by atoms with Crippen LogP contribution in [0.3, 0.4) is 0 Å². The molecule has 42 heavy (non-hydrogen) atoms. The molecule has 1 fully saturated rings. The molecule has 3 amide bonds. The lowest BCUT2D eigenvalue weighted by atomic mass is 10.1. The lowest BCUT2D eigenvalue weighted by Crippen LogP contribution is -2.52. The lowest BCUT2D eigenvalue weighted by molar-refractivity contribution is -0.136. The van der Waals surface area contributed by atoms with Gasteiger partial charge in [0.05, 0.1) is 29.9 Å². The second-order valence-corrected chi connectivity index (χ2v) is 9.78. The number of benzene rings is 1. The molecular formula is C28H30F2N8O4. The van der Waals surface area contributed by atoms with Crippen molar-refractivity contribution in [1.82, 2.24) is 34.2 Å².